The van der Waals surface area contributed by atoms with Crippen molar-refractivity contribution in [1.82, 2.24) is 5.32 Å². The smallest absolute Gasteiger partial charge is 0.269 e. The lowest BCUT2D eigenvalue weighted by molar-refractivity contribution is -0.384. The number of hydrogen-bond donors (Lipinski definition) is 2. The Morgan fingerprint density at radius 1 is 1.53 bits per heavy atom. The Morgan fingerprint density at radius 2 is 2.26 bits per heavy atom. The number of nitrogens with one attached hydrogen (secondary N) is 1. The van der Waals surface area contributed by atoms with Crippen LogP contribution in [0.2, 0.25) is 0 Å². The Hall–Kier alpha value is -1.50. The molecule has 2 unspecified atom stereocenters. The number of nitro benzene ring substituents is 1. The molecule has 2 atom stereocenters. The quantitative estimate of drug-likeness (QED) is 0.553. The molecule has 19 heavy (non-hydrogen) atoms. The number of ether oxygens (including phenoxy) is 1. The fourth-order valence-corrected chi connectivity index (χ4v) is 1.88. The van der Waals surface area contributed by atoms with Crippen molar-refractivity contribution in [3.8, 4) is 0 Å². The van der Waals surface area contributed by atoms with Crippen LogP contribution in [0, 0.1) is 10.1 Å². The highest BCUT2D eigenvalue weighted by atomic mass is 16.6. The van der Waals surface area contributed by atoms with E-state index in [0.717, 1.165) is 12.0 Å². The number of benzene rings is 1. The second kappa shape index (κ2) is 7.83. The molecule has 1 aromatic carbocycles. The summed E-state index contributed by atoms with van der Waals surface area (Å²) in [7, 11) is 1.53. The molecule has 2 N–H and O–H groups in total. The molecule has 1 rings (SSSR count). The highest BCUT2D eigenvalue weighted by Crippen LogP contribution is 2.21. The zero-order valence-corrected chi connectivity index (χ0v) is 11.2. The van der Waals surface area contributed by atoms with Gasteiger partial charge in [-0.2, -0.15) is 0 Å². The van der Waals surface area contributed by atoms with E-state index >= 15 is 0 Å². The van der Waals surface area contributed by atoms with Gasteiger partial charge in [0.1, 0.15) is 0 Å². The molecule has 0 fully saturated rings. The van der Waals surface area contributed by atoms with Gasteiger partial charge in [0.05, 0.1) is 17.6 Å². The molecule has 0 aliphatic carbocycles. The Balaban J connectivity index is 2.68. The van der Waals surface area contributed by atoms with Gasteiger partial charge < -0.3 is 15.2 Å². The van der Waals surface area contributed by atoms with Gasteiger partial charge in [-0.1, -0.05) is 19.1 Å². The zero-order valence-electron chi connectivity index (χ0n) is 11.2. The van der Waals surface area contributed by atoms with E-state index in [0.29, 0.717) is 6.54 Å². The van der Waals surface area contributed by atoms with Gasteiger partial charge in [0, 0.05) is 31.8 Å². The second-order valence-electron chi connectivity index (χ2n) is 4.33. The third-order valence-electron chi connectivity index (χ3n) is 2.85. The van der Waals surface area contributed by atoms with E-state index in [1.807, 2.05) is 13.0 Å². The standard InChI is InChI=1S/C13H20N2O4/c1-3-13(14-8-12(16)9-19-2)10-5-4-6-11(7-10)15(17)18/h4-7,12-14,16H,3,8-9H2,1-2H3. The number of aliphatic hydroxyl groups excluding tert-OH is 1. The molecule has 0 saturated heterocycles. The number of aliphatic hydroxyl groups is 1. The van der Waals surface area contributed by atoms with Crippen LogP contribution in [0.25, 0.3) is 0 Å². The highest BCUT2D eigenvalue weighted by molar-refractivity contribution is 5.35. The third kappa shape index (κ3) is 4.94. The van der Waals surface area contributed by atoms with E-state index < -0.39 is 11.0 Å². The third-order valence-corrected chi connectivity index (χ3v) is 2.85. The minimum absolute atomic E-state index is 0.0218. The molecule has 6 heteroatoms. The molecule has 0 spiro atoms. The lowest BCUT2D eigenvalue weighted by Crippen LogP contribution is -2.32. The topological polar surface area (TPSA) is 84.6 Å². The number of nitro groups is 1. The van der Waals surface area contributed by atoms with Crippen LogP contribution < -0.4 is 5.32 Å². The largest absolute Gasteiger partial charge is 0.389 e. The van der Waals surface area contributed by atoms with Gasteiger partial charge in [-0.3, -0.25) is 10.1 Å². The molecule has 6 nitrogen and oxygen atoms in total. The highest BCUT2D eigenvalue weighted by Gasteiger charge is 2.14. The van der Waals surface area contributed by atoms with Crippen LogP contribution >= 0.6 is 0 Å². The van der Waals surface area contributed by atoms with Crippen LogP contribution in [-0.2, 0) is 4.74 Å². The second-order valence-corrected chi connectivity index (χ2v) is 4.33. The van der Waals surface area contributed by atoms with E-state index in [-0.39, 0.29) is 18.3 Å². The predicted molar refractivity (Wildman–Crippen MR) is 72.0 cm³/mol. The monoisotopic (exact) mass is 268 g/mol. The number of non-ortho nitro benzene ring substituents is 1. The summed E-state index contributed by atoms with van der Waals surface area (Å²) in [4.78, 5) is 10.3. The molecule has 0 aromatic heterocycles. The van der Waals surface area contributed by atoms with Crippen LogP contribution in [0.1, 0.15) is 24.9 Å². The summed E-state index contributed by atoms with van der Waals surface area (Å²) in [5.74, 6) is 0. The summed E-state index contributed by atoms with van der Waals surface area (Å²) in [6.45, 7) is 2.63. The molecule has 1 aromatic rings. The van der Waals surface area contributed by atoms with Gasteiger partial charge >= 0.3 is 0 Å². The SMILES string of the molecule is CCC(NCC(O)COC)c1cccc([N+](=O)[O-])c1. The van der Waals surface area contributed by atoms with Gasteiger partial charge in [0.2, 0.25) is 0 Å². The van der Waals surface area contributed by atoms with E-state index in [2.05, 4.69) is 5.32 Å². The first-order valence-corrected chi connectivity index (χ1v) is 6.23. The van der Waals surface area contributed by atoms with Crippen LogP contribution in [0.5, 0.6) is 0 Å². The van der Waals surface area contributed by atoms with Crippen molar-refractivity contribution in [1.29, 1.82) is 0 Å². The van der Waals surface area contributed by atoms with Gasteiger partial charge in [-0.25, -0.2) is 0 Å². The Morgan fingerprint density at radius 3 is 2.84 bits per heavy atom. The summed E-state index contributed by atoms with van der Waals surface area (Å²) in [5.41, 5.74) is 0.927. The van der Waals surface area contributed by atoms with Crippen molar-refractivity contribution in [3.05, 3.63) is 39.9 Å². The average molecular weight is 268 g/mol. The fraction of sp³-hybridized carbons (Fsp3) is 0.538. The van der Waals surface area contributed by atoms with Crippen molar-refractivity contribution in [2.24, 2.45) is 0 Å². The van der Waals surface area contributed by atoms with E-state index in [4.69, 9.17) is 4.74 Å². The van der Waals surface area contributed by atoms with Gasteiger partial charge in [-0.05, 0) is 12.0 Å². The van der Waals surface area contributed by atoms with Crippen LogP contribution in [0.4, 0.5) is 5.69 Å². The maximum absolute atomic E-state index is 10.7. The van der Waals surface area contributed by atoms with E-state index in [9.17, 15) is 15.2 Å². The fourth-order valence-electron chi connectivity index (χ4n) is 1.88. The molecule has 0 aliphatic heterocycles. The first-order chi connectivity index (χ1) is 9.08. The lowest BCUT2D eigenvalue weighted by Gasteiger charge is -2.19. The summed E-state index contributed by atoms with van der Waals surface area (Å²) in [6, 6.07) is 6.52. The average Bonchev–Trinajstić information content (AvgIpc) is 2.40. The minimum Gasteiger partial charge on any atom is -0.389 e. The molecular formula is C13H20N2O4. The summed E-state index contributed by atoms with van der Waals surface area (Å²) >= 11 is 0. The zero-order chi connectivity index (χ0) is 14.3. The van der Waals surface area contributed by atoms with Crippen LogP contribution in [0.3, 0.4) is 0 Å². The molecule has 0 heterocycles. The van der Waals surface area contributed by atoms with Crippen molar-refractivity contribution in [3.63, 3.8) is 0 Å². The van der Waals surface area contributed by atoms with Crippen molar-refractivity contribution in [2.75, 3.05) is 20.3 Å². The number of methoxy groups -OCH3 is 1. The number of hydrogen-bond acceptors (Lipinski definition) is 5. The van der Waals surface area contributed by atoms with Crippen molar-refractivity contribution in [2.45, 2.75) is 25.5 Å². The molecule has 0 saturated carbocycles. The first kappa shape index (κ1) is 15.6. The first-order valence-electron chi connectivity index (χ1n) is 6.23. The molecule has 0 amide bonds. The lowest BCUT2D eigenvalue weighted by atomic mass is 10.0. The van der Waals surface area contributed by atoms with Gasteiger partial charge in [0.15, 0.2) is 0 Å². The number of rotatable bonds is 8. The molecular weight excluding hydrogens is 248 g/mol. The van der Waals surface area contributed by atoms with Gasteiger partial charge in [0.25, 0.3) is 5.69 Å². The van der Waals surface area contributed by atoms with Crippen molar-refractivity contribution < 1.29 is 14.8 Å². The molecule has 0 radical (unpaired) electrons. The summed E-state index contributed by atoms with van der Waals surface area (Å²) in [5, 5.41) is 23.5. The van der Waals surface area contributed by atoms with Crippen LogP contribution in [0.15, 0.2) is 24.3 Å². The summed E-state index contributed by atoms with van der Waals surface area (Å²) < 4.78 is 4.85. The van der Waals surface area contributed by atoms with Crippen LogP contribution in [-0.4, -0.2) is 36.4 Å². The summed E-state index contributed by atoms with van der Waals surface area (Å²) in [6.07, 6.45) is 0.193. The number of nitrogens with zero attached hydrogens (tertiary/aromatic N) is 1. The van der Waals surface area contributed by atoms with E-state index in [1.54, 1.807) is 12.1 Å². The Labute approximate surface area is 112 Å². The van der Waals surface area contributed by atoms with E-state index in [1.165, 1.54) is 13.2 Å². The van der Waals surface area contributed by atoms with Crippen molar-refractivity contribution >= 4 is 5.69 Å². The maximum Gasteiger partial charge on any atom is 0.269 e. The Kier molecular flexibility index (Phi) is 6.41. The molecule has 106 valence electrons. The molecule has 0 bridgehead atoms. The molecule has 0 aliphatic rings. The predicted octanol–water partition coefficient (Wildman–Crippen LogP) is 1.64. The normalized spacial score (nSPS) is 14.1. The maximum atomic E-state index is 10.7. The minimum atomic E-state index is -0.585. The Bertz CT molecular complexity index is 411. The van der Waals surface area contributed by atoms with Gasteiger partial charge in [-0.15, -0.1) is 0 Å².